The molecule has 4 rings (SSSR count). The molecular weight excluding hydrogens is 184 g/mol. The Bertz CT molecular complexity index is 252. The summed E-state index contributed by atoms with van der Waals surface area (Å²) in [6.07, 6.45) is 9.36. The third kappa shape index (κ3) is 1.62. The van der Waals surface area contributed by atoms with Crippen LogP contribution in [-0.4, -0.2) is 11.6 Å². The van der Waals surface area contributed by atoms with Gasteiger partial charge in [-0.1, -0.05) is 0 Å². The third-order valence-corrected chi connectivity index (χ3v) is 4.98. The van der Waals surface area contributed by atoms with Crippen LogP contribution in [0.3, 0.4) is 0 Å². The maximum Gasteiger partial charge on any atom is 0.0165 e. The van der Waals surface area contributed by atoms with Gasteiger partial charge in [-0.3, -0.25) is 0 Å². The quantitative estimate of drug-likeness (QED) is 0.729. The van der Waals surface area contributed by atoms with Gasteiger partial charge >= 0.3 is 0 Å². The lowest BCUT2D eigenvalue weighted by molar-refractivity contribution is -0.0732. The molecule has 0 saturated heterocycles. The van der Waals surface area contributed by atoms with Crippen molar-refractivity contribution in [3.63, 3.8) is 0 Å². The molecule has 2 nitrogen and oxygen atoms in total. The summed E-state index contributed by atoms with van der Waals surface area (Å²) in [7, 11) is 0. The second-order valence-corrected chi connectivity index (χ2v) is 7.00. The van der Waals surface area contributed by atoms with Crippen LogP contribution in [0.4, 0.5) is 0 Å². The van der Waals surface area contributed by atoms with Gasteiger partial charge in [-0.05, 0) is 69.1 Å². The predicted octanol–water partition coefficient (Wildman–Crippen LogP) is 2.02. The number of rotatable bonds is 2. The second-order valence-electron chi connectivity index (χ2n) is 7.00. The van der Waals surface area contributed by atoms with E-state index in [1.807, 2.05) is 0 Å². The van der Waals surface area contributed by atoms with Crippen molar-refractivity contribution in [1.29, 1.82) is 0 Å². The molecule has 0 aromatic rings. The zero-order valence-corrected chi connectivity index (χ0v) is 9.84. The van der Waals surface area contributed by atoms with E-state index in [0.717, 1.165) is 11.8 Å². The molecular formula is C13H24N2. The van der Waals surface area contributed by atoms with Gasteiger partial charge in [0.15, 0.2) is 0 Å². The van der Waals surface area contributed by atoms with Gasteiger partial charge in [0.1, 0.15) is 0 Å². The highest BCUT2D eigenvalue weighted by atomic mass is 14.8. The third-order valence-electron chi connectivity index (χ3n) is 4.98. The molecule has 0 aromatic carbocycles. The Labute approximate surface area is 92.8 Å². The summed E-state index contributed by atoms with van der Waals surface area (Å²) in [6, 6.07) is 0.352. The molecule has 0 aromatic heterocycles. The molecule has 4 aliphatic rings. The van der Waals surface area contributed by atoms with E-state index in [1.54, 1.807) is 0 Å². The first-order valence-electron chi connectivity index (χ1n) is 6.53. The van der Waals surface area contributed by atoms with Crippen LogP contribution in [0.25, 0.3) is 0 Å². The van der Waals surface area contributed by atoms with Crippen LogP contribution in [0.15, 0.2) is 0 Å². The van der Waals surface area contributed by atoms with Crippen LogP contribution in [-0.2, 0) is 0 Å². The van der Waals surface area contributed by atoms with E-state index >= 15 is 0 Å². The molecule has 4 bridgehead atoms. The first kappa shape index (κ1) is 10.1. The van der Waals surface area contributed by atoms with Crippen molar-refractivity contribution in [3.05, 3.63) is 0 Å². The summed E-state index contributed by atoms with van der Waals surface area (Å²) in [4.78, 5) is 0. The fraction of sp³-hybridized carbons (Fsp3) is 1.00. The monoisotopic (exact) mass is 208 g/mol. The highest BCUT2D eigenvalue weighted by Crippen LogP contribution is 2.62. The zero-order chi connectivity index (χ0) is 10.7. The van der Waals surface area contributed by atoms with Crippen LogP contribution >= 0.6 is 0 Å². The average Bonchev–Trinajstić information content (AvgIpc) is 1.94. The normalized spacial score (nSPS) is 54.6. The molecule has 0 spiro atoms. The molecule has 15 heavy (non-hydrogen) atoms. The first-order valence-corrected chi connectivity index (χ1v) is 6.53. The van der Waals surface area contributed by atoms with Crippen LogP contribution in [0, 0.1) is 17.3 Å². The van der Waals surface area contributed by atoms with Crippen LogP contribution in [0.1, 0.15) is 51.9 Å². The van der Waals surface area contributed by atoms with E-state index in [-0.39, 0.29) is 5.54 Å². The van der Waals surface area contributed by atoms with Gasteiger partial charge in [0, 0.05) is 11.6 Å². The highest BCUT2D eigenvalue weighted by Gasteiger charge is 2.55. The first-order chi connectivity index (χ1) is 6.99. The molecule has 0 heterocycles. The van der Waals surface area contributed by atoms with Crippen molar-refractivity contribution in [1.82, 2.24) is 0 Å². The largest absolute Gasteiger partial charge is 0.328 e. The van der Waals surface area contributed by atoms with Crippen molar-refractivity contribution >= 4 is 0 Å². The Morgan fingerprint density at radius 1 is 1.20 bits per heavy atom. The Hall–Kier alpha value is -0.0800. The molecule has 4 aliphatic carbocycles. The highest BCUT2D eigenvalue weighted by molar-refractivity contribution is 5.10. The number of nitrogens with two attached hydrogens (primary N) is 2. The molecule has 4 saturated carbocycles. The van der Waals surface area contributed by atoms with Gasteiger partial charge in [-0.15, -0.1) is 0 Å². The Kier molecular flexibility index (Phi) is 2.01. The minimum atomic E-state index is 0.193. The lowest BCUT2D eigenvalue weighted by Crippen LogP contribution is -2.60. The van der Waals surface area contributed by atoms with Crippen molar-refractivity contribution in [2.75, 3.05) is 0 Å². The molecule has 0 amide bonds. The lowest BCUT2D eigenvalue weighted by Gasteiger charge is -2.61. The number of hydrogen-bond acceptors (Lipinski definition) is 2. The van der Waals surface area contributed by atoms with Crippen LogP contribution in [0.5, 0.6) is 0 Å². The topological polar surface area (TPSA) is 52.0 Å². The molecule has 86 valence electrons. The van der Waals surface area contributed by atoms with E-state index in [0.29, 0.717) is 11.5 Å². The van der Waals surface area contributed by atoms with Crippen molar-refractivity contribution < 1.29 is 0 Å². The summed E-state index contributed by atoms with van der Waals surface area (Å²) < 4.78 is 0. The van der Waals surface area contributed by atoms with Gasteiger partial charge in [-0.2, -0.15) is 0 Å². The van der Waals surface area contributed by atoms with E-state index in [9.17, 15) is 0 Å². The fourth-order valence-electron chi connectivity index (χ4n) is 5.45. The van der Waals surface area contributed by atoms with Crippen LogP contribution in [0.2, 0.25) is 0 Å². The minimum Gasteiger partial charge on any atom is -0.328 e. The summed E-state index contributed by atoms with van der Waals surface area (Å²) in [5.74, 6) is 1.85. The molecule has 0 aliphatic heterocycles. The molecule has 0 radical (unpaired) electrons. The van der Waals surface area contributed by atoms with E-state index < -0.39 is 0 Å². The van der Waals surface area contributed by atoms with Gasteiger partial charge < -0.3 is 11.5 Å². The smallest absolute Gasteiger partial charge is 0.0165 e. The lowest BCUT2D eigenvalue weighted by atomic mass is 9.46. The van der Waals surface area contributed by atoms with E-state index in [1.165, 1.54) is 44.9 Å². The Balaban J connectivity index is 1.86. The molecule has 3 atom stereocenters. The van der Waals surface area contributed by atoms with Gasteiger partial charge in [0.25, 0.3) is 0 Å². The van der Waals surface area contributed by atoms with E-state index in [4.69, 9.17) is 11.5 Å². The van der Waals surface area contributed by atoms with Gasteiger partial charge in [0.05, 0.1) is 0 Å². The summed E-state index contributed by atoms with van der Waals surface area (Å²) >= 11 is 0. The van der Waals surface area contributed by atoms with E-state index in [2.05, 4.69) is 6.92 Å². The summed E-state index contributed by atoms with van der Waals surface area (Å²) in [6.45, 7) is 2.15. The second kappa shape index (κ2) is 2.98. The maximum absolute atomic E-state index is 6.54. The molecule has 4 fully saturated rings. The summed E-state index contributed by atoms with van der Waals surface area (Å²) in [5, 5.41) is 0. The Morgan fingerprint density at radius 3 is 2.27 bits per heavy atom. The van der Waals surface area contributed by atoms with Crippen molar-refractivity contribution in [2.45, 2.75) is 63.5 Å². The SMILES string of the molecule is CC(N)CC12CC3CC(CC(N)(C3)C1)C2. The number of hydrogen-bond donors (Lipinski definition) is 2. The van der Waals surface area contributed by atoms with Gasteiger partial charge in [-0.25, -0.2) is 0 Å². The predicted molar refractivity (Wildman–Crippen MR) is 62.3 cm³/mol. The molecule has 2 heteroatoms. The standard InChI is InChI=1S/C13H24N2/c1-9(14)3-12-4-10-2-11(5-12)7-13(15,6-10)8-12/h9-11H,2-8,14-15H2,1H3. The Morgan fingerprint density at radius 2 is 1.80 bits per heavy atom. The van der Waals surface area contributed by atoms with Gasteiger partial charge in [0.2, 0.25) is 0 Å². The fourth-order valence-corrected chi connectivity index (χ4v) is 5.45. The molecule has 4 N–H and O–H groups in total. The van der Waals surface area contributed by atoms with Crippen molar-refractivity contribution in [2.24, 2.45) is 28.7 Å². The summed E-state index contributed by atoms with van der Waals surface area (Å²) in [5.41, 5.74) is 13.3. The van der Waals surface area contributed by atoms with Crippen LogP contribution < -0.4 is 11.5 Å². The average molecular weight is 208 g/mol. The zero-order valence-electron chi connectivity index (χ0n) is 9.84. The van der Waals surface area contributed by atoms with Crippen molar-refractivity contribution in [3.8, 4) is 0 Å². The maximum atomic E-state index is 6.54. The minimum absolute atomic E-state index is 0.193. The molecule has 3 unspecified atom stereocenters.